The number of hydrogen-bond acceptors (Lipinski definition) is 2. The van der Waals surface area contributed by atoms with Gasteiger partial charge in [-0.3, -0.25) is 4.79 Å². The molecule has 3 nitrogen and oxygen atoms in total. The van der Waals surface area contributed by atoms with E-state index >= 15 is 0 Å². The lowest BCUT2D eigenvalue weighted by atomic mass is 10.0. The smallest absolute Gasteiger partial charge is 0.252 e. The van der Waals surface area contributed by atoms with Crippen molar-refractivity contribution in [3.63, 3.8) is 0 Å². The summed E-state index contributed by atoms with van der Waals surface area (Å²) in [6.07, 6.45) is 0. The van der Waals surface area contributed by atoms with Crippen molar-refractivity contribution in [2.24, 2.45) is 0 Å². The van der Waals surface area contributed by atoms with Gasteiger partial charge in [0.15, 0.2) is 0 Å². The van der Waals surface area contributed by atoms with Crippen LogP contribution in [-0.2, 0) is 0 Å². The van der Waals surface area contributed by atoms with Gasteiger partial charge in [-0.1, -0.05) is 47.5 Å². The Hall–Kier alpha value is -2.60. The molecule has 0 bridgehead atoms. The van der Waals surface area contributed by atoms with Gasteiger partial charge in [0, 0.05) is 5.56 Å². The fourth-order valence-electron chi connectivity index (χ4n) is 2.04. The van der Waals surface area contributed by atoms with Crippen LogP contribution in [0.3, 0.4) is 0 Å². The topological polar surface area (TPSA) is 52.9 Å². The van der Waals surface area contributed by atoms with Crippen molar-refractivity contribution in [1.82, 2.24) is 5.32 Å². The number of nitrogens with one attached hydrogen (secondary N) is 1. The highest BCUT2D eigenvalue weighted by molar-refractivity contribution is 5.94. The number of rotatable bonds is 3. The van der Waals surface area contributed by atoms with E-state index in [4.69, 9.17) is 0 Å². The summed E-state index contributed by atoms with van der Waals surface area (Å²) in [6, 6.07) is 16.4. The zero-order valence-electron chi connectivity index (χ0n) is 11.6. The summed E-state index contributed by atoms with van der Waals surface area (Å²) in [5, 5.41) is 12.0. The van der Waals surface area contributed by atoms with Crippen LogP contribution in [0.5, 0.6) is 0 Å². The first kappa shape index (κ1) is 13.8. The molecule has 2 rings (SSSR count). The standard InChI is InChI=1S/C17H16N2O/c1-12-5-3-7-14(9-12)16(11-18)19-17(20)15-8-4-6-13(2)10-15/h3-10,16H,1-2H3,(H,19,20). The molecule has 2 aromatic rings. The fourth-order valence-corrected chi connectivity index (χ4v) is 2.04. The van der Waals surface area contributed by atoms with Crippen LogP contribution in [-0.4, -0.2) is 5.91 Å². The first-order valence-electron chi connectivity index (χ1n) is 6.44. The Morgan fingerprint density at radius 3 is 2.35 bits per heavy atom. The lowest BCUT2D eigenvalue weighted by Crippen LogP contribution is -2.27. The number of aryl methyl sites for hydroxylation is 2. The van der Waals surface area contributed by atoms with Crippen LogP contribution >= 0.6 is 0 Å². The van der Waals surface area contributed by atoms with E-state index in [9.17, 15) is 10.1 Å². The number of benzene rings is 2. The maximum absolute atomic E-state index is 12.2. The molecule has 0 spiro atoms. The molecule has 0 aliphatic heterocycles. The van der Waals surface area contributed by atoms with Crippen LogP contribution in [0.1, 0.15) is 33.1 Å². The number of nitriles is 1. The normalized spacial score (nSPS) is 11.4. The number of hydrogen-bond donors (Lipinski definition) is 1. The molecular formula is C17H16N2O. The molecule has 0 heterocycles. The Bertz CT molecular complexity index is 671. The van der Waals surface area contributed by atoms with E-state index in [1.54, 1.807) is 12.1 Å². The third-order valence-electron chi connectivity index (χ3n) is 3.06. The monoisotopic (exact) mass is 264 g/mol. The van der Waals surface area contributed by atoms with Gasteiger partial charge in [-0.25, -0.2) is 0 Å². The molecule has 1 atom stereocenters. The highest BCUT2D eigenvalue weighted by Gasteiger charge is 2.15. The van der Waals surface area contributed by atoms with Crippen LogP contribution in [0.15, 0.2) is 48.5 Å². The van der Waals surface area contributed by atoms with Gasteiger partial charge in [0.1, 0.15) is 6.04 Å². The quantitative estimate of drug-likeness (QED) is 0.924. The second-order valence-electron chi connectivity index (χ2n) is 4.82. The first-order chi connectivity index (χ1) is 9.60. The maximum Gasteiger partial charge on any atom is 0.252 e. The average molecular weight is 264 g/mol. The summed E-state index contributed by atoms with van der Waals surface area (Å²) >= 11 is 0. The molecule has 2 aromatic carbocycles. The van der Waals surface area contributed by atoms with E-state index in [2.05, 4.69) is 11.4 Å². The van der Waals surface area contributed by atoms with Crippen molar-refractivity contribution in [1.29, 1.82) is 5.26 Å². The van der Waals surface area contributed by atoms with Gasteiger partial charge in [0.05, 0.1) is 6.07 Å². The summed E-state index contributed by atoms with van der Waals surface area (Å²) < 4.78 is 0. The van der Waals surface area contributed by atoms with Gasteiger partial charge in [0.2, 0.25) is 0 Å². The molecule has 3 heteroatoms. The van der Waals surface area contributed by atoms with Crippen molar-refractivity contribution in [2.75, 3.05) is 0 Å². The van der Waals surface area contributed by atoms with E-state index in [1.165, 1.54) is 0 Å². The van der Waals surface area contributed by atoms with Crippen molar-refractivity contribution >= 4 is 5.91 Å². The zero-order valence-corrected chi connectivity index (χ0v) is 11.6. The van der Waals surface area contributed by atoms with Crippen molar-refractivity contribution < 1.29 is 4.79 Å². The van der Waals surface area contributed by atoms with Crippen LogP contribution < -0.4 is 5.32 Å². The summed E-state index contributed by atoms with van der Waals surface area (Å²) in [6.45, 7) is 3.89. The minimum atomic E-state index is -0.636. The molecule has 100 valence electrons. The van der Waals surface area contributed by atoms with Gasteiger partial charge in [-0.05, 0) is 31.5 Å². The predicted molar refractivity (Wildman–Crippen MR) is 78.2 cm³/mol. The molecule has 0 aromatic heterocycles. The first-order valence-corrected chi connectivity index (χ1v) is 6.44. The maximum atomic E-state index is 12.2. The molecule has 0 saturated carbocycles. The van der Waals surface area contributed by atoms with Gasteiger partial charge in [-0.2, -0.15) is 5.26 Å². The number of amides is 1. The predicted octanol–water partition coefficient (Wildman–Crippen LogP) is 3.30. The highest BCUT2D eigenvalue weighted by atomic mass is 16.1. The minimum absolute atomic E-state index is 0.234. The Morgan fingerprint density at radius 1 is 1.10 bits per heavy atom. The molecule has 0 fully saturated rings. The van der Waals surface area contributed by atoms with Crippen LogP contribution in [0.2, 0.25) is 0 Å². The van der Waals surface area contributed by atoms with Crippen molar-refractivity contribution in [3.8, 4) is 6.07 Å². The molecule has 1 unspecified atom stereocenters. The Labute approximate surface area is 118 Å². The van der Waals surface area contributed by atoms with Crippen LogP contribution in [0, 0.1) is 25.2 Å². The second-order valence-corrected chi connectivity index (χ2v) is 4.82. The third kappa shape index (κ3) is 3.24. The SMILES string of the molecule is Cc1cccc(C(=O)NC(C#N)c2cccc(C)c2)c1. The third-order valence-corrected chi connectivity index (χ3v) is 3.06. The summed E-state index contributed by atoms with van der Waals surface area (Å²) in [5.74, 6) is -0.234. The molecule has 0 aliphatic rings. The molecule has 20 heavy (non-hydrogen) atoms. The van der Waals surface area contributed by atoms with E-state index in [0.717, 1.165) is 16.7 Å². The average Bonchev–Trinajstić information content (AvgIpc) is 2.44. The lowest BCUT2D eigenvalue weighted by Gasteiger charge is -2.13. The van der Waals surface area contributed by atoms with Gasteiger partial charge in [0.25, 0.3) is 5.91 Å². The van der Waals surface area contributed by atoms with E-state index in [0.29, 0.717) is 5.56 Å². The Morgan fingerprint density at radius 2 is 1.75 bits per heavy atom. The molecule has 1 N–H and O–H groups in total. The molecular weight excluding hydrogens is 248 g/mol. The van der Waals surface area contributed by atoms with Gasteiger partial charge < -0.3 is 5.32 Å². The van der Waals surface area contributed by atoms with Gasteiger partial charge in [-0.15, -0.1) is 0 Å². The van der Waals surface area contributed by atoms with Crippen molar-refractivity contribution in [2.45, 2.75) is 19.9 Å². The summed E-state index contributed by atoms with van der Waals surface area (Å²) in [4.78, 5) is 12.2. The lowest BCUT2D eigenvalue weighted by molar-refractivity contribution is 0.0945. The minimum Gasteiger partial charge on any atom is -0.333 e. The summed E-state index contributed by atoms with van der Waals surface area (Å²) in [7, 11) is 0. The molecule has 0 saturated heterocycles. The van der Waals surface area contributed by atoms with E-state index in [1.807, 2.05) is 50.2 Å². The largest absolute Gasteiger partial charge is 0.333 e. The molecule has 1 amide bonds. The van der Waals surface area contributed by atoms with E-state index < -0.39 is 6.04 Å². The highest BCUT2D eigenvalue weighted by Crippen LogP contribution is 2.15. The number of carbonyl (C=O) groups is 1. The Kier molecular flexibility index (Phi) is 4.17. The second kappa shape index (κ2) is 6.03. The van der Waals surface area contributed by atoms with Crippen LogP contribution in [0.25, 0.3) is 0 Å². The molecule has 0 radical (unpaired) electrons. The Balaban J connectivity index is 2.19. The fraction of sp³-hybridized carbons (Fsp3) is 0.176. The van der Waals surface area contributed by atoms with Crippen LogP contribution in [0.4, 0.5) is 0 Å². The zero-order chi connectivity index (χ0) is 14.5. The van der Waals surface area contributed by atoms with E-state index in [-0.39, 0.29) is 5.91 Å². The van der Waals surface area contributed by atoms with Gasteiger partial charge >= 0.3 is 0 Å². The van der Waals surface area contributed by atoms with Crippen molar-refractivity contribution in [3.05, 3.63) is 70.8 Å². The summed E-state index contributed by atoms with van der Waals surface area (Å²) in [5.41, 5.74) is 3.45. The number of nitrogens with zero attached hydrogens (tertiary/aromatic N) is 1. The molecule has 0 aliphatic carbocycles. The number of carbonyl (C=O) groups excluding carboxylic acids is 1.